The summed E-state index contributed by atoms with van der Waals surface area (Å²) in [6, 6.07) is 20.4. The smallest absolute Gasteiger partial charge is 0.344 e. The lowest BCUT2D eigenvalue weighted by molar-refractivity contribution is -0.212. The molecule has 0 saturated heterocycles. The molecule has 0 spiro atoms. The Morgan fingerprint density at radius 1 is 0.763 bits per heavy atom. The largest absolute Gasteiger partial charge is 0.482 e. The van der Waals surface area contributed by atoms with E-state index in [0.717, 1.165) is 32.9 Å². The predicted octanol–water partition coefficient (Wildman–Crippen LogP) is 7.59. The van der Waals surface area contributed by atoms with Crippen molar-refractivity contribution in [3.05, 3.63) is 84.4 Å². The van der Waals surface area contributed by atoms with Gasteiger partial charge in [-0.15, -0.1) is 0 Å². The molecule has 0 heterocycles. The van der Waals surface area contributed by atoms with Gasteiger partial charge in [-0.25, -0.2) is 13.6 Å². The van der Waals surface area contributed by atoms with Gasteiger partial charge >= 0.3 is 5.97 Å². The number of carbonyl (C=O) groups excluding carboxylic acids is 1. The van der Waals surface area contributed by atoms with Gasteiger partial charge in [0.15, 0.2) is 21.3 Å². The van der Waals surface area contributed by atoms with Crippen LogP contribution in [-0.2, 0) is 20.4 Å². The summed E-state index contributed by atoms with van der Waals surface area (Å²) in [6.45, 7) is 2.05. The maximum absolute atomic E-state index is 13.6. The van der Waals surface area contributed by atoms with Crippen molar-refractivity contribution in [1.82, 2.24) is 0 Å². The van der Waals surface area contributed by atoms with E-state index in [2.05, 4.69) is 6.92 Å². The molecule has 198 valence electrons. The minimum atomic E-state index is -0.547. The lowest BCUT2D eigenvalue weighted by atomic mass is 9.49. The molecular formula is C32H33F2O3S+. The van der Waals surface area contributed by atoms with Crippen LogP contribution >= 0.6 is 0 Å². The first-order valence-electron chi connectivity index (χ1n) is 13.6. The van der Waals surface area contributed by atoms with E-state index < -0.39 is 10.9 Å². The van der Waals surface area contributed by atoms with Gasteiger partial charge in [-0.3, -0.25) is 0 Å². The van der Waals surface area contributed by atoms with Crippen molar-refractivity contribution in [3.63, 3.8) is 0 Å². The van der Waals surface area contributed by atoms with Crippen molar-refractivity contribution in [2.75, 3.05) is 6.61 Å². The van der Waals surface area contributed by atoms with Crippen LogP contribution in [0.5, 0.6) is 5.75 Å². The molecule has 3 aromatic rings. The summed E-state index contributed by atoms with van der Waals surface area (Å²) < 4.78 is 39.3. The Kier molecular flexibility index (Phi) is 6.93. The molecule has 3 nitrogen and oxygen atoms in total. The standard InChI is InChI=1S/C32H33F2O3S/c1-2-32(23-16-21-15-22(18-23)19-24(32)17-21)37-31(35)20-36-27-7-13-30(14-8-27)38(28-9-3-25(33)4-10-28)29-11-5-26(34)6-12-29/h3-14,21-24H,2,15-20H2,1H3/q+1. The van der Waals surface area contributed by atoms with Gasteiger partial charge in [0.05, 0.1) is 10.9 Å². The van der Waals surface area contributed by atoms with Gasteiger partial charge in [0.1, 0.15) is 23.0 Å². The third-order valence-electron chi connectivity index (χ3n) is 8.89. The summed E-state index contributed by atoms with van der Waals surface area (Å²) in [4.78, 5) is 15.8. The topological polar surface area (TPSA) is 35.5 Å². The van der Waals surface area contributed by atoms with Gasteiger partial charge < -0.3 is 9.47 Å². The highest BCUT2D eigenvalue weighted by Crippen LogP contribution is 2.60. The van der Waals surface area contributed by atoms with E-state index in [0.29, 0.717) is 17.6 Å². The first kappa shape index (κ1) is 25.4. The number of carbonyl (C=O) groups is 1. The van der Waals surface area contributed by atoms with Crippen molar-refractivity contribution in [1.29, 1.82) is 0 Å². The van der Waals surface area contributed by atoms with Gasteiger partial charge in [-0.2, -0.15) is 0 Å². The Morgan fingerprint density at radius 2 is 1.21 bits per heavy atom. The molecule has 4 aliphatic rings. The minimum Gasteiger partial charge on any atom is -0.482 e. The van der Waals surface area contributed by atoms with Gasteiger partial charge in [0.2, 0.25) is 0 Å². The van der Waals surface area contributed by atoms with Gasteiger partial charge in [-0.1, -0.05) is 6.92 Å². The highest BCUT2D eigenvalue weighted by molar-refractivity contribution is 7.97. The molecule has 7 rings (SSSR count). The van der Waals surface area contributed by atoms with Crippen LogP contribution in [0.1, 0.15) is 45.4 Å². The monoisotopic (exact) mass is 535 g/mol. The van der Waals surface area contributed by atoms with Crippen molar-refractivity contribution in [2.24, 2.45) is 23.7 Å². The molecule has 4 saturated carbocycles. The third-order valence-corrected chi connectivity index (χ3v) is 11.1. The molecule has 0 atom stereocenters. The van der Waals surface area contributed by atoms with Crippen LogP contribution in [0.2, 0.25) is 0 Å². The number of hydrogen-bond acceptors (Lipinski definition) is 3. The lowest BCUT2D eigenvalue weighted by Gasteiger charge is -2.60. The van der Waals surface area contributed by atoms with E-state index >= 15 is 0 Å². The van der Waals surface area contributed by atoms with Crippen molar-refractivity contribution in [3.8, 4) is 5.75 Å². The SMILES string of the molecule is CCC1(OC(=O)COc2ccc([S+](c3ccc(F)cc3)c3ccc(F)cc3)cc2)C2CC3CC(C2)CC1C3. The van der Waals surface area contributed by atoms with Crippen LogP contribution < -0.4 is 4.74 Å². The molecular weight excluding hydrogens is 502 g/mol. The number of esters is 1. The van der Waals surface area contributed by atoms with Crippen LogP contribution in [0.3, 0.4) is 0 Å². The second kappa shape index (κ2) is 10.4. The van der Waals surface area contributed by atoms with Gasteiger partial charge in [0.25, 0.3) is 0 Å². The highest BCUT2D eigenvalue weighted by Gasteiger charge is 2.58. The molecule has 4 bridgehead atoms. The number of hydrogen-bond donors (Lipinski definition) is 0. The molecule has 0 unspecified atom stereocenters. The fraction of sp³-hybridized carbons (Fsp3) is 0.406. The average Bonchev–Trinajstić information content (AvgIpc) is 2.92. The maximum atomic E-state index is 13.6. The third kappa shape index (κ3) is 4.84. The molecule has 3 aromatic carbocycles. The first-order chi connectivity index (χ1) is 18.4. The lowest BCUT2D eigenvalue weighted by Crippen LogP contribution is -2.59. The van der Waals surface area contributed by atoms with Crippen molar-refractivity contribution < 1.29 is 23.0 Å². The summed E-state index contributed by atoms with van der Waals surface area (Å²) in [6.07, 6.45) is 7.02. The Bertz CT molecular complexity index is 1200. The minimum absolute atomic E-state index is 0.116. The number of benzene rings is 3. The summed E-state index contributed by atoms with van der Waals surface area (Å²) >= 11 is 0. The predicted molar refractivity (Wildman–Crippen MR) is 143 cm³/mol. The summed E-state index contributed by atoms with van der Waals surface area (Å²) in [7, 11) is -0.547. The fourth-order valence-corrected chi connectivity index (χ4v) is 9.44. The summed E-state index contributed by atoms with van der Waals surface area (Å²) in [5.74, 6) is 2.31. The first-order valence-corrected chi connectivity index (χ1v) is 14.9. The molecule has 38 heavy (non-hydrogen) atoms. The summed E-state index contributed by atoms with van der Waals surface area (Å²) in [5.41, 5.74) is -0.323. The van der Waals surface area contributed by atoms with E-state index in [1.807, 2.05) is 24.3 Å². The number of ether oxygens (including phenoxy) is 2. The molecule has 0 aliphatic heterocycles. The Labute approximate surface area is 225 Å². The highest BCUT2D eigenvalue weighted by atomic mass is 32.2. The van der Waals surface area contributed by atoms with E-state index in [9.17, 15) is 13.6 Å². The van der Waals surface area contributed by atoms with Crippen LogP contribution in [0.25, 0.3) is 0 Å². The van der Waals surface area contributed by atoms with E-state index in [-0.39, 0.29) is 29.8 Å². The normalized spacial score (nSPS) is 27.5. The summed E-state index contributed by atoms with van der Waals surface area (Å²) in [5, 5.41) is 0. The van der Waals surface area contributed by atoms with E-state index in [4.69, 9.17) is 9.47 Å². The molecule has 0 N–H and O–H groups in total. The molecule has 0 radical (unpaired) electrons. The van der Waals surface area contributed by atoms with Crippen LogP contribution in [0.15, 0.2) is 87.5 Å². The van der Waals surface area contributed by atoms with E-state index in [1.165, 1.54) is 56.4 Å². The molecule has 0 aromatic heterocycles. The Morgan fingerprint density at radius 3 is 1.66 bits per heavy atom. The molecule has 6 heteroatoms. The zero-order valence-corrected chi connectivity index (χ0v) is 22.4. The molecule has 4 aliphatic carbocycles. The molecule has 0 amide bonds. The van der Waals surface area contributed by atoms with Crippen molar-refractivity contribution in [2.45, 2.75) is 65.7 Å². The zero-order chi connectivity index (χ0) is 26.3. The van der Waals surface area contributed by atoms with E-state index in [1.54, 1.807) is 24.3 Å². The van der Waals surface area contributed by atoms with Crippen LogP contribution in [-0.4, -0.2) is 18.2 Å². The fourth-order valence-electron chi connectivity index (χ4n) is 7.40. The second-order valence-electron chi connectivity index (χ2n) is 11.1. The van der Waals surface area contributed by atoms with Crippen LogP contribution in [0, 0.1) is 35.3 Å². The Hall–Kier alpha value is -2.86. The quantitative estimate of drug-likeness (QED) is 0.220. The van der Waals surface area contributed by atoms with Crippen molar-refractivity contribution >= 4 is 16.9 Å². The second-order valence-corrected chi connectivity index (χ2v) is 13.1. The van der Waals surface area contributed by atoms with Crippen LogP contribution in [0.4, 0.5) is 8.78 Å². The zero-order valence-electron chi connectivity index (χ0n) is 21.6. The average molecular weight is 536 g/mol. The molecule has 4 fully saturated rings. The van der Waals surface area contributed by atoms with Gasteiger partial charge in [0, 0.05) is 0 Å². The maximum Gasteiger partial charge on any atom is 0.344 e. The number of halogens is 2. The van der Waals surface area contributed by atoms with Gasteiger partial charge in [-0.05, 0) is 135 Å². The Balaban J connectivity index is 1.14. The number of rotatable bonds is 8.